The van der Waals surface area contributed by atoms with E-state index in [2.05, 4.69) is 0 Å². The molecular formula is C17H21NO3. The smallest absolute Gasteiger partial charge is 0.124 e. The van der Waals surface area contributed by atoms with E-state index in [1.165, 1.54) is 0 Å². The molecule has 0 radical (unpaired) electrons. The molecule has 0 heterocycles. The average Bonchev–Trinajstić information content (AvgIpc) is 2.52. The van der Waals surface area contributed by atoms with Gasteiger partial charge in [-0.15, -0.1) is 0 Å². The molecule has 2 N–H and O–H groups in total. The number of nitrogens with two attached hydrogens (primary N) is 1. The van der Waals surface area contributed by atoms with Crippen LogP contribution < -0.4 is 19.9 Å². The van der Waals surface area contributed by atoms with Crippen molar-refractivity contribution in [1.29, 1.82) is 0 Å². The summed E-state index contributed by atoms with van der Waals surface area (Å²) in [6.07, 6.45) is 0. The Morgan fingerprint density at radius 2 is 1.52 bits per heavy atom. The molecule has 2 aromatic rings. The molecule has 0 aliphatic rings. The molecule has 2 rings (SSSR count). The zero-order chi connectivity index (χ0) is 15.1. The molecule has 1 unspecified atom stereocenters. The first-order chi connectivity index (χ1) is 10.2. The Bertz CT molecular complexity index is 552. The van der Waals surface area contributed by atoms with Gasteiger partial charge in [0.2, 0.25) is 0 Å². The Hall–Kier alpha value is -2.20. The van der Waals surface area contributed by atoms with Gasteiger partial charge in [-0.1, -0.05) is 18.2 Å². The lowest BCUT2D eigenvalue weighted by Crippen LogP contribution is -2.12. The fourth-order valence-corrected chi connectivity index (χ4v) is 1.97. The standard InChI is InChI=1S/C17H21NO3/c1-13(18)16-5-3-4-6-17(16)21-12-11-20-15-9-7-14(19-2)8-10-15/h3-10,13H,11-12,18H2,1-2H3. The molecule has 0 bridgehead atoms. The first-order valence-electron chi connectivity index (χ1n) is 6.95. The van der Waals surface area contributed by atoms with Gasteiger partial charge in [0.15, 0.2) is 0 Å². The summed E-state index contributed by atoms with van der Waals surface area (Å²) in [5.41, 5.74) is 6.92. The van der Waals surface area contributed by atoms with Crippen LogP contribution in [0.25, 0.3) is 0 Å². The summed E-state index contributed by atoms with van der Waals surface area (Å²) in [6, 6.07) is 15.2. The van der Waals surface area contributed by atoms with Crippen LogP contribution in [0.4, 0.5) is 0 Å². The Labute approximate surface area is 125 Å². The molecule has 0 aliphatic heterocycles. The average molecular weight is 287 g/mol. The minimum atomic E-state index is -0.0521. The lowest BCUT2D eigenvalue weighted by Gasteiger charge is -2.14. The molecule has 112 valence electrons. The molecule has 1 atom stereocenters. The lowest BCUT2D eigenvalue weighted by molar-refractivity contribution is 0.215. The van der Waals surface area contributed by atoms with Gasteiger partial charge >= 0.3 is 0 Å². The highest BCUT2D eigenvalue weighted by atomic mass is 16.5. The van der Waals surface area contributed by atoms with E-state index in [0.717, 1.165) is 22.8 Å². The van der Waals surface area contributed by atoms with E-state index in [1.54, 1.807) is 7.11 Å². The van der Waals surface area contributed by atoms with Crippen molar-refractivity contribution in [3.63, 3.8) is 0 Å². The van der Waals surface area contributed by atoms with Gasteiger partial charge in [-0.3, -0.25) is 0 Å². The van der Waals surface area contributed by atoms with Gasteiger partial charge in [-0.2, -0.15) is 0 Å². The van der Waals surface area contributed by atoms with Crippen molar-refractivity contribution in [3.05, 3.63) is 54.1 Å². The zero-order valence-corrected chi connectivity index (χ0v) is 12.4. The van der Waals surface area contributed by atoms with Gasteiger partial charge in [0.05, 0.1) is 7.11 Å². The highest BCUT2D eigenvalue weighted by Crippen LogP contribution is 2.23. The van der Waals surface area contributed by atoms with E-state index in [1.807, 2.05) is 55.5 Å². The normalized spacial score (nSPS) is 11.8. The van der Waals surface area contributed by atoms with Crippen LogP contribution in [-0.4, -0.2) is 20.3 Å². The zero-order valence-electron chi connectivity index (χ0n) is 12.4. The van der Waals surface area contributed by atoms with E-state index >= 15 is 0 Å². The highest BCUT2D eigenvalue weighted by molar-refractivity contribution is 5.35. The number of hydrogen-bond donors (Lipinski definition) is 1. The van der Waals surface area contributed by atoms with E-state index in [9.17, 15) is 0 Å². The third-order valence-corrected chi connectivity index (χ3v) is 3.08. The number of para-hydroxylation sites is 1. The van der Waals surface area contributed by atoms with E-state index < -0.39 is 0 Å². The van der Waals surface area contributed by atoms with Crippen LogP contribution in [0.1, 0.15) is 18.5 Å². The fraction of sp³-hybridized carbons (Fsp3) is 0.294. The maximum absolute atomic E-state index is 5.91. The van der Waals surface area contributed by atoms with E-state index in [0.29, 0.717) is 13.2 Å². The van der Waals surface area contributed by atoms with Gasteiger partial charge in [-0.05, 0) is 37.3 Å². The molecular weight excluding hydrogens is 266 g/mol. The van der Waals surface area contributed by atoms with Crippen molar-refractivity contribution in [3.8, 4) is 17.2 Å². The summed E-state index contributed by atoms with van der Waals surface area (Å²) in [6.45, 7) is 2.88. The highest BCUT2D eigenvalue weighted by Gasteiger charge is 2.06. The summed E-state index contributed by atoms with van der Waals surface area (Å²) in [5.74, 6) is 2.41. The fourth-order valence-electron chi connectivity index (χ4n) is 1.97. The summed E-state index contributed by atoms with van der Waals surface area (Å²) >= 11 is 0. The summed E-state index contributed by atoms with van der Waals surface area (Å²) in [5, 5.41) is 0. The number of rotatable bonds is 7. The van der Waals surface area contributed by atoms with Gasteiger partial charge < -0.3 is 19.9 Å². The van der Waals surface area contributed by atoms with Gasteiger partial charge in [0, 0.05) is 11.6 Å². The van der Waals surface area contributed by atoms with Crippen LogP contribution in [0.5, 0.6) is 17.2 Å². The predicted molar refractivity (Wildman–Crippen MR) is 83.0 cm³/mol. The molecule has 0 spiro atoms. The third-order valence-electron chi connectivity index (χ3n) is 3.08. The van der Waals surface area contributed by atoms with Crippen molar-refractivity contribution in [1.82, 2.24) is 0 Å². The molecule has 0 aromatic heterocycles. The summed E-state index contributed by atoms with van der Waals surface area (Å²) < 4.78 is 16.4. The third kappa shape index (κ3) is 4.39. The van der Waals surface area contributed by atoms with Crippen LogP contribution in [-0.2, 0) is 0 Å². The summed E-state index contributed by atoms with van der Waals surface area (Å²) in [7, 11) is 1.64. The molecule has 21 heavy (non-hydrogen) atoms. The molecule has 2 aromatic carbocycles. The first-order valence-corrected chi connectivity index (χ1v) is 6.95. The predicted octanol–water partition coefficient (Wildman–Crippen LogP) is 3.17. The minimum absolute atomic E-state index is 0.0521. The number of ether oxygens (including phenoxy) is 3. The second-order valence-electron chi connectivity index (χ2n) is 4.70. The minimum Gasteiger partial charge on any atom is -0.497 e. The van der Waals surface area contributed by atoms with Crippen LogP contribution >= 0.6 is 0 Å². The molecule has 0 fully saturated rings. The maximum atomic E-state index is 5.91. The monoisotopic (exact) mass is 287 g/mol. The topological polar surface area (TPSA) is 53.7 Å². The Kier molecular flexibility index (Phi) is 5.46. The SMILES string of the molecule is COc1ccc(OCCOc2ccccc2C(C)N)cc1. The maximum Gasteiger partial charge on any atom is 0.124 e. The number of benzene rings is 2. The van der Waals surface area contributed by atoms with Crippen LogP contribution in [0, 0.1) is 0 Å². The molecule has 0 amide bonds. The van der Waals surface area contributed by atoms with Crippen molar-refractivity contribution in [2.45, 2.75) is 13.0 Å². The van der Waals surface area contributed by atoms with E-state index in [4.69, 9.17) is 19.9 Å². The van der Waals surface area contributed by atoms with Crippen molar-refractivity contribution >= 4 is 0 Å². The summed E-state index contributed by atoms with van der Waals surface area (Å²) in [4.78, 5) is 0. The van der Waals surface area contributed by atoms with E-state index in [-0.39, 0.29) is 6.04 Å². The van der Waals surface area contributed by atoms with Crippen LogP contribution in [0.15, 0.2) is 48.5 Å². The second-order valence-corrected chi connectivity index (χ2v) is 4.70. The van der Waals surface area contributed by atoms with Crippen molar-refractivity contribution in [2.75, 3.05) is 20.3 Å². The molecule has 0 saturated heterocycles. The van der Waals surface area contributed by atoms with Crippen LogP contribution in [0.3, 0.4) is 0 Å². The van der Waals surface area contributed by atoms with Crippen molar-refractivity contribution < 1.29 is 14.2 Å². The quantitative estimate of drug-likeness (QED) is 0.795. The Morgan fingerprint density at radius 1 is 0.905 bits per heavy atom. The molecule has 4 nitrogen and oxygen atoms in total. The lowest BCUT2D eigenvalue weighted by atomic mass is 10.1. The van der Waals surface area contributed by atoms with Crippen LogP contribution in [0.2, 0.25) is 0 Å². The molecule has 0 aliphatic carbocycles. The number of hydrogen-bond acceptors (Lipinski definition) is 4. The molecule has 4 heteroatoms. The number of methoxy groups -OCH3 is 1. The molecule has 0 saturated carbocycles. The largest absolute Gasteiger partial charge is 0.497 e. The van der Waals surface area contributed by atoms with Gasteiger partial charge in [0.1, 0.15) is 30.5 Å². The van der Waals surface area contributed by atoms with Crippen molar-refractivity contribution in [2.24, 2.45) is 5.73 Å². The first kappa shape index (κ1) is 15.2. The van der Waals surface area contributed by atoms with Gasteiger partial charge in [0.25, 0.3) is 0 Å². The van der Waals surface area contributed by atoms with Gasteiger partial charge in [-0.25, -0.2) is 0 Å². The Balaban J connectivity index is 1.82. The second kappa shape index (κ2) is 7.55. The Morgan fingerprint density at radius 3 is 2.19 bits per heavy atom.